The summed E-state index contributed by atoms with van der Waals surface area (Å²) in [5.41, 5.74) is 3.05. The molecule has 2 aliphatic rings. The van der Waals surface area contributed by atoms with Crippen molar-refractivity contribution in [3.05, 3.63) is 22.9 Å². The maximum Gasteiger partial charge on any atom is 0.144 e. The Morgan fingerprint density at radius 2 is 2.35 bits per heavy atom. The summed E-state index contributed by atoms with van der Waals surface area (Å²) in [5, 5.41) is 15.9. The molecule has 0 bridgehead atoms. The molecule has 2 N–H and O–H groups in total. The molecule has 0 saturated carbocycles. The average molecular weight is 272 g/mol. The number of hydrogen-bond acceptors (Lipinski definition) is 5. The normalized spacial score (nSPS) is 21.9. The summed E-state index contributed by atoms with van der Waals surface area (Å²) in [6, 6.07) is 4.26. The molecule has 1 atom stereocenters. The van der Waals surface area contributed by atoms with Crippen LogP contribution in [0.25, 0.3) is 0 Å². The second kappa shape index (κ2) is 6.21. The van der Waals surface area contributed by atoms with E-state index in [0.29, 0.717) is 17.9 Å². The van der Waals surface area contributed by atoms with E-state index in [2.05, 4.69) is 21.7 Å². The van der Waals surface area contributed by atoms with Crippen LogP contribution < -0.4 is 10.6 Å². The summed E-state index contributed by atoms with van der Waals surface area (Å²) >= 11 is 0. The molecule has 2 heterocycles. The van der Waals surface area contributed by atoms with Gasteiger partial charge in [0.25, 0.3) is 0 Å². The zero-order chi connectivity index (χ0) is 13.8. The van der Waals surface area contributed by atoms with Gasteiger partial charge in [0.15, 0.2) is 0 Å². The van der Waals surface area contributed by atoms with Gasteiger partial charge in [-0.05, 0) is 37.3 Å². The van der Waals surface area contributed by atoms with Crippen LogP contribution in [0.4, 0.5) is 5.82 Å². The van der Waals surface area contributed by atoms with Crippen molar-refractivity contribution in [3.63, 3.8) is 0 Å². The maximum absolute atomic E-state index is 9.28. The minimum absolute atomic E-state index is 0.146. The van der Waals surface area contributed by atoms with Crippen molar-refractivity contribution in [2.75, 3.05) is 31.6 Å². The fraction of sp³-hybridized carbons (Fsp3) is 0.600. The Labute approximate surface area is 119 Å². The number of pyridine rings is 1. The van der Waals surface area contributed by atoms with E-state index >= 15 is 0 Å². The number of nitrogens with one attached hydrogen (secondary N) is 2. The van der Waals surface area contributed by atoms with Crippen LogP contribution in [0.2, 0.25) is 0 Å². The van der Waals surface area contributed by atoms with Crippen LogP contribution in [0, 0.1) is 11.3 Å². The smallest absolute Gasteiger partial charge is 0.144 e. The molecule has 0 amide bonds. The summed E-state index contributed by atoms with van der Waals surface area (Å²) in [5.74, 6) is 0.710. The first-order valence-corrected chi connectivity index (χ1v) is 7.36. The molecule has 1 unspecified atom stereocenters. The molecule has 1 aromatic heterocycles. The number of anilines is 1. The zero-order valence-corrected chi connectivity index (χ0v) is 11.6. The lowest BCUT2D eigenvalue weighted by atomic mass is 9.95. The first kappa shape index (κ1) is 13.3. The Hall–Kier alpha value is -1.64. The van der Waals surface area contributed by atoms with Crippen LogP contribution in [-0.2, 0) is 17.6 Å². The van der Waals surface area contributed by atoms with Gasteiger partial charge >= 0.3 is 0 Å². The van der Waals surface area contributed by atoms with Crippen LogP contribution in [0.5, 0.6) is 0 Å². The molecule has 3 rings (SSSR count). The first-order chi connectivity index (χ1) is 9.86. The van der Waals surface area contributed by atoms with E-state index in [4.69, 9.17) is 4.74 Å². The monoisotopic (exact) mass is 272 g/mol. The van der Waals surface area contributed by atoms with Gasteiger partial charge in [-0.1, -0.05) is 0 Å². The largest absolute Gasteiger partial charge is 0.374 e. The summed E-state index contributed by atoms with van der Waals surface area (Å²) in [6.45, 7) is 3.19. The molecule has 20 heavy (non-hydrogen) atoms. The van der Waals surface area contributed by atoms with E-state index in [0.717, 1.165) is 38.2 Å². The third kappa shape index (κ3) is 2.92. The number of morpholine rings is 1. The van der Waals surface area contributed by atoms with E-state index in [1.54, 1.807) is 0 Å². The molecular weight excluding hydrogens is 252 g/mol. The zero-order valence-electron chi connectivity index (χ0n) is 11.6. The molecule has 5 heteroatoms. The van der Waals surface area contributed by atoms with Crippen molar-refractivity contribution in [2.24, 2.45) is 0 Å². The number of rotatable bonds is 3. The van der Waals surface area contributed by atoms with E-state index in [1.807, 2.05) is 6.07 Å². The lowest BCUT2D eigenvalue weighted by Gasteiger charge is -2.24. The third-order valence-corrected chi connectivity index (χ3v) is 3.92. The molecule has 106 valence electrons. The minimum Gasteiger partial charge on any atom is -0.374 e. The Morgan fingerprint density at radius 1 is 1.45 bits per heavy atom. The van der Waals surface area contributed by atoms with Crippen molar-refractivity contribution >= 4 is 5.82 Å². The number of nitriles is 1. The van der Waals surface area contributed by atoms with Crippen LogP contribution in [0.15, 0.2) is 6.07 Å². The SMILES string of the molecule is N#Cc1cc2c(nc1NCC1CNCCO1)CCCC2. The molecule has 1 aliphatic carbocycles. The standard InChI is InChI=1S/C15H20N4O/c16-8-12-7-11-3-1-2-4-14(11)19-15(12)18-10-13-9-17-5-6-20-13/h7,13,17H,1-6,9-10H2,(H,18,19). The van der Waals surface area contributed by atoms with E-state index in [-0.39, 0.29) is 6.10 Å². The number of aryl methyl sites for hydroxylation is 2. The molecule has 1 saturated heterocycles. The highest BCUT2D eigenvalue weighted by Gasteiger charge is 2.17. The number of hydrogen-bond donors (Lipinski definition) is 2. The second-order valence-corrected chi connectivity index (χ2v) is 5.39. The van der Waals surface area contributed by atoms with Gasteiger partial charge in [-0.2, -0.15) is 5.26 Å². The van der Waals surface area contributed by atoms with Crippen LogP contribution >= 0.6 is 0 Å². The van der Waals surface area contributed by atoms with E-state index in [9.17, 15) is 5.26 Å². The molecule has 1 fully saturated rings. The van der Waals surface area contributed by atoms with Gasteiger partial charge < -0.3 is 15.4 Å². The molecular formula is C15H20N4O. The molecule has 0 spiro atoms. The molecule has 0 aromatic carbocycles. The first-order valence-electron chi connectivity index (χ1n) is 7.36. The molecule has 1 aliphatic heterocycles. The fourth-order valence-electron chi connectivity index (χ4n) is 2.82. The summed E-state index contributed by atoms with van der Waals surface area (Å²) in [4.78, 5) is 4.66. The van der Waals surface area contributed by atoms with Gasteiger partial charge in [0.05, 0.1) is 18.3 Å². The van der Waals surface area contributed by atoms with Gasteiger partial charge in [-0.3, -0.25) is 0 Å². The van der Waals surface area contributed by atoms with Crippen LogP contribution in [-0.4, -0.2) is 37.3 Å². The number of fused-ring (bicyclic) bond motifs is 1. The van der Waals surface area contributed by atoms with Crippen LogP contribution in [0.1, 0.15) is 29.7 Å². The second-order valence-electron chi connectivity index (χ2n) is 5.39. The Morgan fingerprint density at radius 3 is 3.15 bits per heavy atom. The van der Waals surface area contributed by atoms with Crippen molar-refractivity contribution < 1.29 is 4.74 Å². The number of ether oxygens (including phenoxy) is 1. The lowest BCUT2D eigenvalue weighted by Crippen LogP contribution is -2.42. The van der Waals surface area contributed by atoms with Gasteiger partial charge in [0.2, 0.25) is 0 Å². The summed E-state index contributed by atoms with van der Waals surface area (Å²) < 4.78 is 5.65. The maximum atomic E-state index is 9.28. The lowest BCUT2D eigenvalue weighted by molar-refractivity contribution is 0.0372. The van der Waals surface area contributed by atoms with Gasteiger partial charge in [-0.15, -0.1) is 0 Å². The molecule has 0 radical (unpaired) electrons. The average Bonchev–Trinajstić information content (AvgIpc) is 2.53. The highest BCUT2D eigenvalue weighted by Crippen LogP contribution is 2.24. The fourth-order valence-corrected chi connectivity index (χ4v) is 2.82. The minimum atomic E-state index is 0.146. The highest BCUT2D eigenvalue weighted by molar-refractivity contribution is 5.54. The van der Waals surface area contributed by atoms with E-state index < -0.39 is 0 Å². The number of aromatic nitrogens is 1. The Balaban J connectivity index is 1.72. The van der Waals surface area contributed by atoms with Crippen molar-refractivity contribution in [3.8, 4) is 6.07 Å². The topological polar surface area (TPSA) is 70.0 Å². The predicted molar refractivity (Wildman–Crippen MR) is 76.7 cm³/mol. The van der Waals surface area contributed by atoms with Crippen molar-refractivity contribution in [1.29, 1.82) is 5.26 Å². The quantitative estimate of drug-likeness (QED) is 0.866. The molecule has 5 nitrogen and oxygen atoms in total. The van der Waals surface area contributed by atoms with Crippen LogP contribution in [0.3, 0.4) is 0 Å². The van der Waals surface area contributed by atoms with Crippen molar-refractivity contribution in [2.45, 2.75) is 31.8 Å². The van der Waals surface area contributed by atoms with Crippen molar-refractivity contribution in [1.82, 2.24) is 10.3 Å². The van der Waals surface area contributed by atoms with Gasteiger partial charge in [0.1, 0.15) is 11.9 Å². The predicted octanol–water partition coefficient (Wildman–Crippen LogP) is 1.23. The highest BCUT2D eigenvalue weighted by atomic mass is 16.5. The van der Waals surface area contributed by atoms with Gasteiger partial charge in [-0.25, -0.2) is 4.98 Å². The van der Waals surface area contributed by atoms with Gasteiger partial charge in [0, 0.05) is 25.3 Å². The Bertz CT molecular complexity index is 517. The number of nitrogens with zero attached hydrogens (tertiary/aromatic N) is 2. The summed E-state index contributed by atoms with van der Waals surface area (Å²) in [6.07, 6.45) is 4.62. The molecule has 1 aromatic rings. The third-order valence-electron chi connectivity index (χ3n) is 3.92. The Kier molecular flexibility index (Phi) is 4.14. The van der Waals surface area contributed by atoms with E-state index in [1.165, 1.54) is 18.4 Å². The summed E-state index contributed by atoms with van der Waals surface area (Å²) in [7, 11) is 0.